The van der Waals surface area contributed by atoms with Crippen LogP contribution in [0.5, 0.6) is 5.75 Å². The zero-order valence-corrected chi connectivity index (χ0v) is 20.4. The second kappa shape index (κ2) is 11.5. The van der Waals surface area contributed by atoms with Crippen LogP contribution in [0.3, 0.4) is 0 Å². The van der Waals surface area contributed by atoms with E-state index in [0.29, 0.717) is 12.0 Å². The van der Waals surface area contributed by atoms with Crippen molar-refractivity contribution in [2.45, 2.75) is 31.3 Å². The Bertz CT molecular complexity index is 1410. The first kappa shape index (κ1) is 27.6. The molecular formula is C28H23F4N3O4. The lowest BCUT2D eigenvalue weighted by Crippen LogP contribution is -2.51. The third-order valence-electron chi connectivity index (χ3n) is 6.56. The van der Waals surface area contributed by atoms with Crippen molar-refractivity contribution in [1.29, 1.82) is 5.26 Å². The normalized spacial score (nSPS) is 17.4. The SMILES string of the molecule is N#Cc1ccc(-c2ccc(OC(F)(F)F)c(CN[C@H]3CCN(C(=O)C(=O)O)C[C@H]3c3ccccc3)c2)c(F)c1. The van der Waals surface area contributed by atoms with Crippen LogP contribution in [0.4, 0.5) is 17.6 Å². The number of carboxylic acids is 1. The predicted octanol–water partition coefficient (Wildman–Crippen LogP) is 4.82. The highest BCUT2D eigenvalue weighted by Crippen LogP contribution is 2.33. The number of alkyl halides is 3. The number of carbonyl (C=O) groups is 2. The van der Waals surface area contributed by atoms with E-state index >= 15 is 0 Å². The van der Waals surface area contributed by atoms with Gasteiger partial charge < -0.3 is 20.1 Å². The fourth-order valence-electron chi connectivity index (χ4n) is 4.72. The van der Waals surface area contributed by atoms with Crippen LogP contribution in [0.15, 0.2) is 66.7 Å². The molecule has 1 saturated heterocycles. The summed E-state index contributed by atoms with van der Waals surface area (Å²) in [5, 5.41) is 21.4. The standard InChI is InChI=1S/C28H23F4N3O4/c29-23-12-17(14-33)6-8-21(23)19-7-9-25(39-28(30,31)32)20(13-19)15-34-24-10-11-35(26(36)27(37)38)16-22(24)18-4-2-1-3-5-18/h1-9,12-13,22,24,34H,10-11,15-16H2,(H,37,38)/t22-,24-/m0/s1. The van der Waals surface area contributed by atoms with Crippen molar-refractivity contribution in [3.8, 4) is 22.9 Å². The molecule has 4 rings (SSSR count). The number of carbonyl (C=O) groups excluding carboxylic acids is 1. The van der Waals surface area contributed by atoms with Crippen molar-refractivity contribution in [3.05, 3.63) is 89.2 Å². The zero-order valence-electron chi connectivity index (χ0n) is 20.4. The van der Waals surface area contributed by atoms with Crippen molar-refractivity contribution >= 4 is 11.9 Å². The lowest BCUT2D eigenvalue weighted by Gasteiger charge is -2.39. The first-order valence-corrected chi connectivity index (χ1v) is 11.9. The van der Waals surface area contributed by atoms with E-state index in [2.05, 4.69) is 10.1 Å². The highest BCUT2D eigenvalue weighted by atomic mass is 19.4. The minimum absolute atomic E-state index is 0.0853. The fourth-order valence-corrected chi connectivity index (χ4v) is 4.72. The summed E-state index contributed by atoms with van der Waals surface area (Å²) in [6.45, 7) is 0.168. The first-order valence-electron chi connectivity index (χ1n) is 11.9. The molecule has 3 aromatic rings. The average molecular weight is 542 g/mol. The number of halogens is 4. The summed E-state index contributed by atoms with van der Waals surface area (Å²) in [5.74, 6) is -4.07. The molecule has 2 N–H and O–H groups in total. The largest absolute Gasteiger partial charge is 0.573 e. The number of aliphatic carboxylic acids is 1. The van der Waals surface area contributed by atoms with Crippen molar-refractivity contribution in [2.75, 3.05) is 13.1 Å². The van der Waals surface area contributed by atoms with E-state index in [1.165, 1.54) is 29.2 Å². The van der Waals surface area contributed by atoms with E-state index in [1.807, 2.05) is 24.3 Å². The Hall–Kier alpha value is -4.43. The summed E-state index contributed by atoms with van der Waals surface area (Å²) in [6, 6.07) is 18.2. The topological polar surface area (TPSA) is 103 Å². The number of hydrogen-bond acceptors (Lipinski definition) is 5. The van der Waals surface area contributed by atoms with Gasteiger partial charge in [0.05, 0.1) is 11.6 Å². The van der Waals surface area contributed by atoms with E-state index in [0.717, 1.165) is 17.7 Å². The Labute approximate surface area is 221 Å². The number of amides is 1. The Kier molecular flexibility index (Phi) is 8.16. The maximum atomic E-state index is 14.6. The molecule has 0 radical (unpaired) electrons. The lowest BCUT2D eigenvalue weighted by molar-refractivity contribution is -0.274. The van der Waals surface area contributed by atoms with Gasteiger partial charge in [-0.15, -0.1) is 13.2 Å². The molecule has 1 fully saturated rings. The van der Waals surface area contributed by atoms with Gasteiger partial charge in [-0.2, -0.15) is 5.26 Å². The molecule has 11 heteroatoms. The van der Waals surface area contributed by atoms with Crippen LogP contribution in [0.1, 0.15) is 29.0 Å². The quantitative estimate of drug-likeness (QED) is 0.343. The monoisotopic (exact) mass is 541 g/mol. The number of carboxylic acid groups (broad SMARTS) is 1. The molecule has 1 aliphatic rings. The van der Waals surface area contributed by atoms with Gasteiger partial charge in [0.1, 0.15) is 11.6 Å². The Morgan fingerprint density at radius 2 is 1.85 bits per heavy atom. The molecule has 0 aliphatic carbocycles. The van der Waals surface area contributed by atoms with Gasteiger partial charge in [0.2, 0.25) is 0 Å². The molecule has 0 saturated carbocycles. The molecule has 0 unspecified atom stereocenters. The molecule has 202 valence electrons. The molecule has 39 heavy (non-hydrogen) atoms. The summed E-state index contributed by atoms with van der Waals surface area (Å²) >= 11 is 0. The van der Waals surface area contributed by atoms with Crippen molar-refractivity contribution < 1.29 is 37.0 Å². The molecule has 0 spiro atoms. The highest BCUT2D eigenvalue weighted by molar-refractivity contribution is 6.31. The second-order valence-corrected chi connectivity index (χ2v) is 9.03. The number of nitrogens with zero attached hydrogens (tertiary/aromatic N) is 2. The number of hydrogen-bond donors (Lipinski definition) is 2. The molecule has 7 nitrogen and oxygen atoms in total. The molecular weight excluding hydrogens is 518 g/mol. The number of rotatable bonds is 6. The van der Waals surface area contributed by atoms with Crippen LogP contribution in [0.25, 0.3) is 11.1 Å². The summed E-state index contributed by atoms with van der Waals surface area (Å²) in [7, 11) is 0. The predicted molar refractivity (Wildman–Crippen MR) is 132 cm³/mol. The maximum absolute atomic E-state index is 14.6. The van der Waals surface area contributed by atoms with Gasteiger partial charge >= 0.3 is 18.2 Å². The van der Waals surface area contributed by atoms with E-state index < -0.39 is 29.8 Å². The van der Waals surface area contributed by atoms with Crippen LogP contribution in [-0.4, -0.2) is 47.4 Å². The summed E-state index contributed by atoms with van der Waals surface area (Å²) in [4.78, 5) is 24.6. The fraction of sp³-hybridized carbons (Fsp3) is 0.250. The molecule has 0 bridgehead atoms. The molecule has 2 atom stereocenters. The van der Waals surface area contributed by atoms with Crippen LogP contribution in [-0.2, 0) is 16.1 Å². The van der Waals surface area contributed by atoms with E-state index in [4.69, 9.17) is 10.4 Å². The van der Waals surface area contributed by atoms with Crippen molar-refractivity contribution in [1.82, 2.24) is 10.2 Å². The Morgan fingerprint density at radius 1 is 1.10 bits per heavy atom. The number of nitriles is 1. The first-order chi connectivity index (χ1) is 18.6. The van der Waals surface area contributed by atoms with Gasteiger partial charge in [-0.1, -0.05) is 42.5 Å². The van der Waals surface area contributed by atoms with E-state index in [1.54, 1.807) is 12.1 Å². The summed E-state index contributed by atoms with van der Waals surface area (Å²) in [5.41, 5.74) is 1.46. The smallest absolute Gasteiger partial charge is 0.474 e. The van der Waals surface area contributed by atoms with E-state index in [-0.39, 0.29) is 48.3 Å². The lowest BCUT2D eigenvalue weighted by atomic mass is 9.85. The maximum Gasteiger partial charge on any atom is 0.573 e. The number of piperidine rings is 1. The summed E-state index contributed by atoms with van der Waals surface area (Å²) < 4.78 is 58.3. The molecule has 1 amide bonds. The number of nitrogens with one attached hydrogen (secondary N) is 1. The number of likely N-dealkylation sites (tertiary alicyclic amines) is 1. The molecule has 3 aromatic carbocycles. The number of benzene rings is 3. The molecule has 0 aromatic heterocycles. The Balaban J connectivity index is 1.63. The zero-order chi connectivity index (χ0) is 28.2. The molecule has 1 heterocycles. The van der Waals surface area contributed by atoms with Gasteiger partial charge in [0.25, 0.3) is 0 Å². The van der Waals surface area contributed by atoms with Crippen molar-refractivity contribution in [3.63, 3.8) is 0 Å². The Morgan fingerprint density at radius 3 is 2.49 bits per heavy atom. The van der Waals surface area contributed by atoms with Gasteiger partial charge in [0.15, 0.2) is 0 Å². The van der Waals surface area contributed by atoms with Crippen LogP contribution < -0.4 is 10.1 Å². The third kappa shape index (κ3) is 6.72. The highest BCUT2D eigenvalue weighted by Gasteiger charge is 2.35. The van der Waals surface area contributed by atoms with Crippen LogP contribution >= 0.6 is 0 Å². The number of ether oxygens (including phenoxy) is 1. The van der Waals surface area contributed by atoms with Crippen LogP contribution in [0, 0.1) is 17.1 Å². The van der Waals surface area contributed by atoms with E-state index in [9.17, 15) is 27.2 Å². The third-order valence-corrected chi connectivity index (χ3v) is 6.56. The second-order valence-electron chi connectivity index (χ2n) is 9.03. The molecule has 1 aliphatic heterocycles. The van der Waals surface area contributed by atoms with Crippen molar-refractivity contribution in [2.24, 2.45) is 0 Å². The van der Waals surface area contributed by atoms with Crippen LogP contribution in [0.2, 0.25) is 0 Å². The minimum atomic E-state index is -4.95. The van der Waals surface area contributed by atoms with Gasteiger partial charge in [-0.05, 0) is 41.8 Å². The van der Waals surface area contributed by atoms with Gasteiger partial charge in [-0.3, -0.25) is 4.79 Å². The average Bonchev–Trinajstić information content (AvgIpc) is 2.91. The van der Waals surface area contributed by atoms with Gasteiger partial charge in [-0.25, -0.2) is 9.18 Å². The minimum Gasteiger partial charge on any atom is -0.474 e. The summed E-state index contributed by atoms with van der Waals surface area (Å²) in [6.07, 6.45) is -4.61. The van der Waals surface area contributed by atoms with Gasteiger partial charge in [0, 0.05) is 42.7 Å².